The quantitative estimate of drug-likeness (QED) is 0.644. The lowest BCUT2D eigenvalue weighted by Gasteiger charge is -2.20. The minimum absolute atomic E-state index is 0.164. The highest BCUT2D eigenvalue weighted by molar-refractivity contribution is 8.24. The van der Waals surface area contributed by atoms with Crippen molar-refractivity contribution in [1.29, 1.82) is 5.26 Å². The van der Waals surface area contributed by atoms with E-state index in [4.69, 9.17) is 17.5 Å². The molecule has 1 nitrogen and oxygen atoms in total. The van der Waals surface area contributed by atoms with Gasteiger partial charge in [-0.25, -0.2) is 0 Å². The number of hydrogen-bond donors (Lipinski definition) is 0. The van der Waals surface area contributed by atoms with E-state index in [9.17, 15) is 0 Å². The van der Waals surface area contributed by atoms with Crippen molar-refractivity contribution >= 4 is 28.2 Å². The van der Waals surface area contributed by atoms with E-state index in [0.29, 0.717) is 0 Å². The Morgan fingerprint density at radius 2 is 2.07 bits per heavy atom. The molecular formula is C12H15NS2. The maximum Gasteiger partial charge on any atom is 0.0947 e. The summed E-state index contributed by atoms with van der Waals surface area (Å²) in [6, 6.07) is 2.18. The van der Waals surface area contributed by atoms with Gasteiger partial charge in [0.2, 0.25) is 0 Å². The Labute approximate surface area is 101 Å². The summed E-state index contributed by atoms with van der Waals surface area (Å²) in [5.41, 5.74) is 2.05. The van der Waals surface area contributed by atoms with Crippen molar-refractivity contribution in [2.45, 2.75) is 38.4 Å². The van der Waals surface area contributed by atoms with Crippen LogP contribution in [0.2, 0.25) is 0 Å². The van der Waals surface area contributed by atoms with Crippen LogP contribution in [0.5, 0.6) is 0 Å². The minimum atomic E-state index is 0.164. The normalized spacial score (nSPS) is 16.4. The van der Waals surface area contributed by atoms with Gasteiger partial charge in [0.05, 0.1) is 10.3 Å². The van der Waals surface area contributed by atoms with E-state index in [1.165, 1.54) is 5.57 Å². The second-order valence-electron chi connectivity index (χ2n) is 4.50. The highest BCUT2D eigenvalue weighted by Gasteiger charge is 2.17. The zero-order chi connectivity index (χ0) is 11.5. The summed E-state index contributed by atoms with van der Waals surface area (Å²) in [5, 5.41) is 8.72. The van der Waals surface area contributed by atoms with Gasteiger partial charge in [-0.05, 0) is 24.5 Å². The Kier molecular flexibility index (Phi) is 4.12. The predicted octanol–water partition coefficient (Wildman–Crippen LogP) is 4.02. The summed E-state index contributed by atoms with van der Waals surface area (Å²) in [7, 11) is 0. The van der Waals surface area contributed by atoms with Crippen molar-refractivity contribution in [3.63, 3.8) is 0 Å². The largest absolute Gasteiger partial charge is 0.193 e. The summed E-state index contributed by atoms with van der Waals surface area (Å²) in [5.74, 6) is 0. The highest BCUT2D eigenvalue weighted by atomic mass is 32.2. The molecular weight excluding hydrogens is 222 g/mol. The molecule has 0 radical (unpaired) electrons. The summed E-state index contributed by atoms with van der Waals surface area (Å²) in [4.78, 5) is 0. The smallest absolute Gasteiger partial charge is 0.0947 e. The molecule has 0 saturated carbocycles. The first kappa shape index (κ1) is 12.5. The molecule has 1 aliphatic rings. The fraction of sp³-hybridized carbons (Fsp3) is 0.500. The van der Waals surface area contributed by atoms with E-state index in [2.05, 4.69) is 26.8 Å². The highest BCUT2D eigenvalue weighted by Crippen LogP contribution is 2.31. The lowest BCUT2D eigenvalue weighted by molar-refractivity contribution is 0.809. The van der Waals surface area contributed by atoms with Crippen LogP contribution in [0, 0.1) is 11.3 Å². The number of thioether (sulfide) groups is 1. The molecule has 0 aromatic carbocycles. The van der Waals surface area contributed by atoms with E-state index in [-0.39, 0.29) is 4.75 Å². The first-order valence-corrected chi connectivity index (χ1v) is 6.18. The van der Waals surface area contributed by atoms with Gasteiger partial charge in [0.15, 0.2) is 0 Å². The molecule has 3 heteroatoms. The average molecular weight is 237 g/mol. The molecule has 0 fully saturated rings. The molecule has 0 amide bonds. The topological polar surface area (TPSA) is 23.8 Å². The maximum atomic E-state index is 8.72. The molecule has 1 rings (SSSR count). The molecule has 0 N–H and O–H groups in total. The van der Waals surface area contributed by atoms with Gasteiger partial charge >= 0.3 is 0 Å². The molecule has 0 heterocycles. The van der Waals surface area contributed by atoms with Gasteiger partial charge in [-0.2, -0.15) is 5.26 Å². The summed E-state index contributed by atoms with van der Waals surface area (Å²) < 4.78 is 1.13. The van der Waals surface area contributed by atoms with Gasteiger partial charge in [-0.3, -0.25) is 0 Å². The molecule has 15 heavy (non-hydrogen) atoms. The molecule has 0 unspecified atom stereocenters. The Morgan fingerprint density at radius 3 is 2.47 bits per heavy atom. The van der Waals surface area contributed by atoms with Crippen molar-refractivity contribution in [3.05, 3.63) is 23.3 Å². The third-order valence-corrected chi connectivity index (χ3v) is 3.53. The molecule has 1 aliphatic carbocycles. The van der Waals surface area contributed by atoms with Crippen molar-refractivity contribution in [2.75, 3.05) is 0 Å². The van der Waals surface area contributed by atoms with Gasteiger partial charge < -0.3 is 0 Å². The number of hydrogen-bond acceptors (Lipinski definition) is 3. The first-order chi connectivity index (χ1) is 6.92. The van der Waals surface area contributed by atoms with Crippen LogP contribution >= 0.6 is 24.0 Å². The third-order valence-electron chi connectivity index (χ3n) is 1.95. The number of allylic oxidation sites excluding steroid dienone is 3. The van der Waals surface area contributed by atoms with E-state index >= 15 is 0 Å². The fourth-order valence-electron chi connectivity index (χ4n) is 1.24. The second kappa shape index (κ2) is 4.96. The standard InChI is InChI=1S/C12H15NS2/c1-12(2,3)15-11(14)10-6-4-9(8-13)5-7-10/h4,6H,5,7H2,1-3H3. The summed E-state index contributed by atoms with van der Waals surface area (Å²) in [6.07, 6.45) is 5.60. The van der Waals surface area contributed by atoms with Gasteiger partial charge in [-0.15, -0.1) is 11.8 Å². The van der Waals surface area contributed by atoms with Gasteiger partial charge in [0.1, 0.15) is 0 Å². The minimum Gasteiger partial charge on any atom is -0.193 e. The van der Waals surface area contributed by atoms with Crippen LogP contribution in [-0.4, -0.2) is 8.94 Å². The molecule has 0 atom stereocenters. The maximum absolute atomic E-state index is 8.72. The predicted molar refractivity (Wildman–Crippen MR) is 71.0 cm³/mol. The van der Waals surface area contributed by atoms with Crippen molar-refractivity contribution < 1.29 is 0 Å². The SMILES string of the molecule is CC(C)(C)SC(=S)C1=CC=C(C#N)CC1. The van der Waals surface area contributed by atoms with Crippen LogP contribution in [0.25, 0.3) is 0 Å². The summed E-state index contributed by atoms with van der Waals surface area (Å²) >= 11 is 7.10. The van der Waals surface area contributed by atoms with Crippen LogP contribution in [0.4, 0.5) is 0 Å². The van der Waals surface area contributed by atoms with Gasteiger partial charge in [-0.1, -0.05) is 39.1 Å². The molecule has 0 aromatic heterocycles. The molecule has 80 valence electrons. The van der Waals surface area contributed by atoms with Crippen LogP contribution in [-0.2, 0) is 0 Å². The van der Waals surface area contributed by atoms with Crippen molar-refractivity contribution in [2.24, 2.45) is 0 Å². The Hall–Kier alpha value is -0.590. The van der Waals surface area contributed by atoms with Gasteiger partial charge in [0, 0.05) is 10.3 Å². The lowest BCUT2D eigenvalue weighted by atomic mass is 10.0. The van der Waals surface area contributed by atoms with Crippen molar-refractivity contribution in [3.8, 4) is 6.07 Å². The summed E-state index contributed by atoms with van der Waals surface area (Å²) in [6.45, 7) is 6.47. The van der Waals surface area contributed by atoms with Crippen LogP contribution < -0.4 is 0 Å². The van der Waals surface area contributed by atoms with Crippen molar-refractivity contribution in [1.82, 2.24) is 0 Å². The number of thiocarbonyl (C=S) groups is 1. The lowest BCUT2D eigenvalue weighted by Crippen LogP contribution is -2.12. The average Bonchev–Trinajstić information content (AvgIpc) is 2.15. The number of nitriles is 1. The van der Waals surface area contributed by atoms with E-state index in [1.54, 1.807) is 11.8 Å². The zero-order valence-corrected chi connectivity index (χ0v) is 11.0. The monoisotopic (exact) mass is 237 g/mol. The molecule has 0 aliphatic heterocycles. The Bertz CT molecular complexity index is 364. The molecule has 0 bridgehead atoms. The van der Waals surface area contributed by atoms with Crippen LogP contribution in [0.3, 0.4) is 0 Å². The second-order valence-corrected chi connectivity index (χ2v) is 7.00. The number of rotatable bonds is 1. The fourth-order valence-corrected chi connectivity index (χ4v) is 3.02. The number of nitrogens with zero attached hydrogens (tertiary/aromatic N) is 1. The Morgan fingerprint density at radius 1 is 1.40 bits per heavy atom. The van der Waals surface area contributed by atoms with Crippen LogP contribution in [0.15, 0.2) is 23.3 Å². The molecule has 0 saturated heterocycles. The van der Waals surface area contributed by atoms with Crippen LogP contribution in [0.1, 0.15) is 33.6 Å². The zero-order valence-electron chi connectivity index (χ0n) is 9.33. The first-order valence-electron chi connectivity index (χ1n) is 4.95. The molecule has 0 spiro atoms. The van der Waals surface area contributed by atoms with E-state index < -0.39 is 0 Å². The Balaban J connectivity index is 2.68. The van der Waals surface area contributed by atoms with E-state index in [1.807, 2.05) is 12.2 Å². The third kappa shape index (κ3) is 4.19. The van der Waals surface area contributed by atoms with E-state index in [0.717, 1.165) is 22.6 Å². The molecule has 0 aromatic rings. The van der Waals surface area contributed by atoms with Gasteiger partial charge in [0.25, 0.3) is 0 Å².